The molecule has 282 valence electrons. The predicted octanol–water partition coefficient (Wildman–Crippen LogP) is 6.13. The Hall–Kier alpha value is -4.97. The molecule has 0 bridgehead atoms. The molecule has 1 spiro atoms. The first-order valence-electron chi connectivity index (χ1n) is 18.7. The van der Waals surface area contributed by atoms with E-state index in [4.69, 9.17) is 14.2 Å². The Kier molecular flexibility index (Phi) is 10.4. The van der Waals surface area contributed by atoms with Crippen LogP contribution in [-0.4, -0.2) is 75.8 Å². The second kappa shape index (κ2) is 15.0. The summed E-state index contributed by atoms with van der Waals surface area (Å²) in [4.78, 5) is 46.9. The van der Waals surface area contributed by atoms with Gasteiger partial charge in [0.25, 0.3) is 5.91 Å². The predicted molar refractivity (Wildman–Crippen MR) is 211 cm³/mol. The van der Waals surface area contributed by atoms with Gasteiger partial charge < -0.3 is 29.1 Å². The zero-order valence-electron chi connectivity index (χ0n) is 31.6. The maximum Gasteiger partial charge on any atom is 0.264 e. The minimum atomic E-state index is -2.50. The first-order valence-corrected chi connectivity index (χ1v) is 21.8. The second-order valence-corrected chi connectivity index (χ2v) is 19.9. The fourth-order valence-corrected chi connectivity index (χ4v) is 13.3. The Morgan fingerprint density at radius 2 is 1.67 bits per heavy atom. The summed E-state index contributed by atoms with van der Waals surface area (Å²) in [5.41, 5.74) is 2.20. The van der Waals surface area contributed by atoms with Crippen molar-refractivity contribution in [2.75, 3.05) is 37.2 Å². The standard InChI is InChI=1S/C43H49N3O7Si/c1-29-41(54(4,5)36-19-16-34(51-2)17-20-36)39(25-40(49)44-22-10-15-33(44)27-47)53-43(29)37-24-35(52-3)18-21-38(37)45(42(43)50)26-30-11-9-14-32(23-30)46(28-48)31-12-7-6-8-13-31/h6-9,11-14,16-21,23-24,28-29,33,39,41,47H,10,15,22,25-27H2,1-5H3/t29-,33+,39+,41-,43+/m1/s1. The van der Waals surface area contributed by atoms with E-state index in [0.717, 1.165) is 47.5 Å². The first kappa shape index (κ1) is 37.3. The van der Waals surface area contributed by atoms with E-state index < -0.39 is 19.8 Å². The molecule has 54 heavy (non-hydrogen) atoms. The highest BCUT2D eigenvalue weighted by Gasteiger charge is 2.66. The number of amides is 3. The van der Waals surface area contributed by atoms with E-state index in [1.165, 1.54) is 5.19 Å². The molecule has 2 fully saturated rings. The molecular formula is C43H49N3O7Si. The van der Waals surface area contributed by atoms with E-state index >= 15 is 4.79 Å². The summed E-state index contributed by atoms with van der Waals surface area (Å²) in [6.45, 7) is 7.45. The third-order valence-corrected chi connectivity index (χ3v) is 16.4. The van der Waals surface area contributed by atoms with Crippen LogP contribution < -0.4 is 24.5 Å². The molecule has 5 atom stereocenters. The lowest BCUT2D eigenvalue weighted by Gasteiger charge is -2.37. The monoisotopic (exact) mass is 747 g/mol. The number of hydrogen-bond acceptors (Lipinski definition) is 7. The normalized spacial score (nSPS) is 23.5. The fourth-order valence-electron chi connectivity index (χ4n) is 9.27. The average Bonchev–Trinajstić information content (AvgIpc) is 3.86. The maximum atomic E-state index is 15.3. The van der Waals surface area contributed by atoms with Gasteiger partial charge in [-0.2, -0.15) is 0 Å². The van der Waals surface area contributed by atoms with Crippen molar-refractivity contribution in [2.24, 2.45) is 5.92 Å². The van der Waals surface area contributed by atoms with E-state index in [9.17, 15) is 14.7 Å². The van der Waals surface area contributed by atoms with Crippen LogP contribution in [0, 0.1) is 5.92 Å². The Morgan fingerprint density at radius 3 is 2.35 bits per heavy atom. The number of carbonyl (C=O) groups is 3. The molecule has 3 aliphatic rings. The maximum absolute atomic E-state index is 15.3. The number of anilines is 3. The number of ether oxygens (including phenoxy) is 3. The molecule has 0 saturated carbocycles. The van der Waals surface area contributed by atoms with Crippen molar-refractivity contribution < 1.29 is 33.7 Å². The van der Waals surface area contributed by atoms with E-state index in [-0.39, 0.29) is 48.9 Å². The molecule has 0 unspecified atom stereocenters. The number of hydrogen-bond donors (Lipinski definition) is 1. The van der Waals surface area contributed by atoms with Gasteiger partial charge in [-0.25, -0.2) is 0 Å². The van der Waals surface area contributed by atoms with Gasteiger partial charge in [-0.15, -0.1) is 0 Å². The summed E-state index contributed by atoms with van der Waals surface area (Å²) in [5, 5.41) is 11.3. The highest BCUT2D eigenvalue weighted by atomic mass is 28.3. The number of aliphatic hydroxyl groups is 1. The number of rotatable bonds is 12. The van der Waals surface area contributed by atoms with Crippen LogP contribution in [0.2, 0.25) is 18.6 Å². The largest absolute Gasteiger partial charge is 0.497 e. The lowest BCUT2D eigenvalue weighted by molar-refractivity contribution is -0.150. The summed E-state index contributed by atoms with van der Waals surface area (Å²) in [7, 11) is 0.755. The number of nitrogens with zero attached hydrogens (tertiary/aromatic N) is 3. The van der Waals surface area contributed by atoms with Crippen LogP contribution in [0.1, 0.15) is 37.3 Å². The quantitative estimate of drug-likeness (QED) is 0.137. The fraction of sp³-hybridized carbons (Fsp3) is 0.372. The highest BCUT2D eigenvalue weighted by molar-refractivity contribution is 6.91. The smallest absolute Gasteiger partial charge is 0.264 e. The summed E-state index contributed by atoms with van der Waals surface area (Å²) >= 11 is 0. The zero-order valence-corrected chi connectivity index (χ0v) is 32.6. The third-order valence-electron chi connectivity index (χ3n) is 12.0. The second-order valence-electron chi connectivity index (χ2n) is 15.2. The SMILES string of the molecule is COc1ccc([Si](C)(C)[C@H]2[C@H](CC(=O)N3CCC[C@H]3CO)O[C@@]3(C(=O)N(Cc4cccc(N(C=O)c5ccccc5)c4)c4ccc(OC)cc43)[C@@H]2C)cc1. The van der Waals surface area contributed by atoms with Crippen molar-refractivity contribution in [3.05, 3.63) is 108 Å². The van der Waals surface area contributed by atoms with E-state index in [0.29, 0.717) is 18.0 Å². The number of benzene rings is 4. The lowest BCUT2D eigenvalue weighted by atomic mass is 9.82. The molecule has 7 rings (SSSR count). The Bertz CT molecular complexity index is 2010. The Morgan fingerprint density at radius 1 is 0.963 bits per heavy atom. The van der Waals surface area contributed by atoms with Crippen molar-refractivity contribution in [3.8, 4) is 11.5 Å². The van der Waals surface area contributed by atoms with Crippen LogP contribution >= 0.6 is 0 Å². The van der Waals surface area contributed by atoms with Crippen LogP contribution in [0.4, 0.5) is 17.1 Å². The van der Waals surface area contributed by atoms with Gasteiger partial charge in [-0.1, -0.05) is 67.7 Å². The number of para-hydroxylation sites is 1. The molecular weight excluding hydrogens is 699 g/mol. The van der Waals surface area contributed by atoms with Crippen LogP contribution in [0.3, 0.4) is 0 Å². The van der Waals surface area contributed by atoms with Gasteiger partial charge in [0.05, 0.1) is 59.7 Å². The van der Waals surface area contributed by atoms with Crippen molar-refractivity contribution in [2.45, 2.75) is 69.1 Å². The molecule has 3 heterocycles. The Labute approximate surface area is 318 Å². The molecule has 3 amide bonds. The molecule has 0 aromatic heterocycles. The van der Waals surface area contributed by atoms with Crippen LogP contribution in [0.15, 0.2) is 97.1 Å². The van der Waals surface area contributed by atoms with Crippen molar-refractivity contribution >= 4 is 48.5 Å². The van der Waals surface area contributed by atoms with Crippen molar-refractivity contribution in [3.63, 3.8) is 0 Å². The topological polar surface area (TPSA) is 109 Å². The van der Waals surface area contributed by atoms with Gasteiger partial charge in [0, 0.05) is 29.4 Å². The number of carbonyl (C=O) groups excluding carboxylic acids is 3. The number of likely N-dealkylation sites (tertiary alicyclic amines) is 1. The van der Waals surface area contributed by atoms with Gasteiger partial charge in [-0.3, -0.25) is 19.3 Å². The van der Waals surface area contributed by atoms with Gasteiger partial charge in [0.1, 0.15) is 11.5 Å². The van der Waals surface area contributed by atoms with Crippen LogP contribution in [0.25, 0.3) is 0 Å². The Balaban J connectivity index is 1.30. The van der Waals surface area contributed by atoms with Crippen LogP contribution in [-0.2, 0) is 31.3 Å². The molecule has 1 N–H and O–H groups in total. The lowest BCUT2D eigenvalue weighted by Crippen LogP contribution is -2.52. The molecule has 2 saturated heterocycles. The minimum Gasteiger partial charge on any atom is -0.497 e. The summed E-state index contributed by atoms with van der Waals surface area (Å²) in [6, 6.07) is 30.7. The number of fused-ring (bicyclic) bond motifs is 2. The summed E-state index contributed by atoms with van der Waals surface area (Å²) in [5.74, 6) is 0.805. The first-order chi connectivity index (χ1) is 26.1. The third kappa shape index (κ3) is 6.37. The molecule has 10 nitrogen and oxygen atoms in total. The molecule has 0 aliphatic carbocycles. The van der Waals surface area contributed by atoms with E-state index in [2.05, 4.69) is 32.2 Å². The molecule has 0 radical (unpaired) electrons. The number of methoxy groups -OCH3 is 2. The van der Waals surface area contributed by atoms with Gasteiger partial charge in [-0.05, 0) is 78.5 Å². The number of aliphatic hydroxyl groups excluding tert-OH is 1. The van der Waals surface area contributed by atoms with E-state index in [1.807, 2.05) is 84.9 Å². The molecule has 4 aromatic rings. The van der Waals surface area contributed by atoms with Crippen LogP contribution in [0.5, 0.6) is 11.5 Å². The van der Waals surface area contributed by atoms with Gasteiger partial charge >= 0.3 is 0 Å². The van der Waals surface area contributed by atoms with Crippen molar-refractivity contribution in [1.82, 2.24) is 4.90 Å². The molecule has 4 aromatic carbocycles. The summed E-state index contributed by atoms with van der Waals surface area (Å²) in [6.07, 6.45) is 1.95. The molecule has 11 heteroatoms. The molecule has 3 aliphatic heterocycles. The highest BCUT2D eigenvalue weighted by Crippen LogP contribution is 2.60. The van der Waals surface area contributed by atoms with Gasteiger partial charge in [0.2, 0.25) is 12.3 Å². The van der Waals surface area contributed by atoms with E-state index in [1.54, 1.807) is 28.9 Å². The van der Waals surface area contributed by atoms with Gasteiger partial charge in [0.15, 0.2) is 5.60 Å². The zero-order chi connectivity index (χ0) is 38.2. The minimum absolute atomic E-state index is 0.0616. The average molecular weight is 748 g/mol. The van der Waals surface area contributed by atoms with Crippen molar-refractivity contribution in [1.29, 1.82) is 0 Å². The summed E-state index contributed by atoms with van der Waals surface area (Å²) < 4.78 is 18.4.